The van der Waals surface area contributed by atoms with Crippen molar-refractivity contribution in [2.75, 3.05) is 0 Å². The van der Waals surface area contributed by atoms with Crippen LogP contribution >= 0.6 is 12.4 Å². The number of halogens is 1. The minimum atomic E-state index is -1.55. The minimum absolute atomic E-state index is 0. The van der Waals surface area contributed by atoms with E-state index in [1.165, 1.54) is 109 Å². The van der Waals surface area contributed by atoms with Crippen molar-refractivity contribution in [3.8, 4) is 0 Å². The molecule has 0 spiro atoms. The van der Waals surface area contributed by atoms with Crippen molar-refractivity contribution >= 4 is 18.4 Å². The van der Waals surface area contributed by atoms with Gasteiger partial charge in [0, 0.05) is 24.8 Å². The summed E-state index contributed by atoms with van der Waals surface area (Å²) in [6.07, 6.45) is 26.4. The Balaban J connectivity index is -0.00000544. The fraction of sp³-hybridized carbons (Fsp3) is 0.967. The van der Waals surface area contributed by atoms with Gasteiger partial charge in [0.15, 0.2) is 0 Å². The highest BCUT2D eigenvalue weighted by Gasteiger charge is 2.46. The second-order valence-electron chi connectivity index (χ2n) is 11.3. The molecule has 0 radical (unpaired) electrons. The van der Waals surface area contributed by atoms with Crippen molar-refractivity contribution in [3.63, 3.8) is 0 Å². The van der Waals surface area contributed by atoms with Crippen LogP contribution in [0.2, 0.25) is 0 Å². The maximum atomic E-state index is 12.2. The van der Waals surface area contributed by atoms with Gasteiger partial charge in [-0.2, -0.15) is 0 Å². The molecule has 5 nitrogen and oxygen atoms in total. The summed E-state index contributed by atoms with van der Waals surface area (Å²) >= 11 is 0. The lowest BCUT2D eigenvalue weighted by Gasteiger charge is -2.42. The van der Waals surface area contributed by atoms with Gasteiger partial charge in [0.25, 0.3) is 0 Å². The third kappa shape index (κ3) is 19.7. The number of aliphatic hydroxyl groups is 1. The van der Waals surface area contributed by atoms with Crippen LogP contribution in [0.1, 0.15) is 169 Å². The number of rotatable bonds is 24. The van der Waals surface area contributed by atoms with Crippen molar-refractivity contribution in [2.45, 2.75) is 181 Å². The number of esters is 1. The van der Waals surface area contributed by atoms with Gasteiger partial charge in [0.2, 0.25) is 5.79 Å². The van der Waals surface area contributed by atoms with Crippen molar-refractivity contribution < 1.29 is 14.6 Å². The molecule has 0 saturated heterocycles. The van der Waals surface area contributed by atoms with Gasteiger partial charge in [-0.05, 0) is 12.8 Å². The Morgan fingerprint density at radius 1 is 0.694 bits per heavy atom. The first-order chi connectivity index (χ1) is 16.2. The maximum Gasteiger partial charge on any atom is 0.308 e. The van der Waals surface area contributed by atoms with E-state index in [2.05, 4.69) is 6.92 Å². The average Bonchev–Trinajstić information content (AvgIpc) is 2.79. The van der Waals surface area contributed by atoms with Crippen molar-refractivity contribution in [1.29, 1.82) is 0 Å². The van der Waals surface area contributed by atoms with Crippen molar-refractivity contribution in [1.82, 2.24) is 6.15 Å². The third-order valence-electron chi connectivity index (χ3n) is 7.86. The fourth-order valence-corrected chi connectivity index (χ4v) is 4.61. The highest BCUT2D eigenvalue weighted by atomic mass is 35.5. The summed E-state index contributed by atoms with van der Waals surface area (Å²) in [7, 11) is 0. The number of nitrogens with two attached hydrogens (primary N) is 1. The zero-order chi connectivity index (χ0) is 25.7. The van der Waals surface area contributed by atoms with Gasteiger partial charge in [0.05, 0.1) is 0 Å². The zero-order valence-electron chi connectivity index (χ0n) is 24.9. The second-order valence-corrected chi connectivity index (χ2v) is 11.3. The molecule has 0 aliphatic carbocycles. The number of ether oxygens (including phenoxy) is 1. The van der Waals surface area contributed by atoms with E-state index in [9.17, 15) is 9.90 Å². The maximum absolute atomic E-state index is 12.2. The van der Waals surface area contributed by atoms with Crippen LogP contribution in [0.15, 0.2) is 0 Å². The first-order valence-corrected chi connectivity index (χ1v) is 14.9. The van der Waals surface area contributed by atoms with Gasteiger partial charge in [-0.15, -0.1) is 12.4 Å². The molecule has 6 N–H and O–H groups in total. The molecule has 0 aromatic carbocycles. The Labute approximate surface area is 231 Å². The standard InChI is InChI=1S/C30H61NO3.ClH.H3N/c1-6-8-9-10-11-12-13-14-15-16-17-18-19-20-21-22-23-24-25-26-28(32)34-30(5,33)29(3,4)27(31)7-2;;/h27,33H,6-26,31H2,1-5H3;1H;1H3. The van der Waals surface area contributed by atoms with Gasteiger partial charge in [-0.3, -0.25) is 4.79 Å². The number of hydrogen-bond donors (Lipinski definition) is 3. The van der Waals surface area contributed by atoms with E-state index in [-0.39, 0.29) is 30.6 Å². The van der Waals surface area contributed by atoms with Gasteiger partial charge < -0.3 is 21.7 Å². The van der Waals surface area contributed by atoms with Gasteiger partial charge in [-0.25, -0.2) is 0 Å². The van der Waals surface area contributed by atoms with Crippen LogP contribution in [0, 0.1) is 5.41 Å². The molecule has 0 amide bonds. The average molecular weight is 537 g/mol. The molecule has 0 aliphatic rings. The van der Waals surface area contributed by atoms with Crippen LogP contribution in [0.25, 0.3) is 0 Å². The molecule has 6 heteroatoms. The Bertz CT molecular complexity index is 487. The Morgan fingerprint density at radius 2 is 1.00 bits per heavy atom. The molecule has 36 heavy (non-hydrogen) atoms. The number of carbonyl (C=O) groups is 1. The lowest BCUT2D eigenvalue weighted by atomic mass is 9.76. The van der Waals surface area contributed by atoms with Crippen LogP contribution in [0.5, 0.6) is 0 Å². The Morgan fingerprint density at radius 3 is 1.31 bits per heavy atom. The number of hydrogen-bond acceptors (Lipinski definition) is 5. The first-order valence-electron chi connectivity index (χ1n) is 14.9. The van der Waals surface area contributed by atoms with Gasteiger partial charge >= 0.3 is 5.97 Å². The molecule has 0 rings (SSSR count). The van der Waals surface area contributed by atoms with E-state index in [0.717, 1.165) is 19.3 Å². The first kappa shape index (κ1) is 40.1. The van der Waals surface area contributed by atoms with Gasteiger partial charge in [0.1, 0.15) is 0 Å². The van der Waals surface area contributed by atoms with E-state index >= 15 is 0 Å². The molecule has 0 fully saturated rings. The summed E-state index contributed by atoms with van der Waals surface area (Å²) in [6, 6.07) is -0.231. The molecule has 0 aromatic rings. The van der Waals surface area contributed by atoms with Crippen molar-refractivity contribution in [3.05, 3.63) is 0 Å². The predicted octanol–water partition coefficient (Wildman–Crippen LogP) is 9.41. The number of unbranched alkanes of at least 4 members (excludes halogenated alkanes) is 18. The molecule has 2 atom stereocenters. The fourth-order valence-electron chi connectivity index (χ4n) is 4.61. The van der Waals surface area contributed by atoms with E-state index in [4.69, 9.17) is 10.5 Å². The molecule has 220 valence electrons. The normalized spacial score (nSPS) is 13.9. The van der Waals surface area contributed by atoms with Crippen molar-refractivity contribution in [2.24, 2.45) is 11.1 Å². The Hall–Kier alpha value is -0.360. The summed E-state index contributed by atoms with van der Waals surface area (Å²) < 4.78 is 5.40. The van der Waals surface area contributed by atoms with Crippen LogP contribution in [0.3, 0.4) is 0 Å². The van der Waals surface area contributed by atoms with Crippen LogP contribution in [-0.2, 0) is 9.53 Å². The summed E-state index contributed by atoms with van der Waals surface area (Å²) in [5, 5.41) is 10.6. The summed E-state index contributed by atoms with van der Waals surface area (Å²) in [5.74, 6) is -1.87. The summed E-state index contributed by atoms with van der Waals surface area (Å²) in [6.45, 7) is 9.52. The minimum Gasteiger partial charge on any atom is -0.433 e. The molecule has 0 bridgehead atoms. The van der Waals surface area contributed by atoms with Crippen LogP contribution < -0.4 is 11.9 Å². The van der Waals surface area contributed by atoms with E-state index in [1.807, 2.05) is 20.8 Å². The molecule has 2 unspecified atom stereocenters. The zero-order valence-corrected chi connectivity index (χ0v) is 25.7. The van der Waals surface area contributed by atoms with E-state index < -0.39 is 11.2 Å². The molecule has 0 saturated carbocycles. The third-order valence-corrected chi connectivity index (χ3v) is 7.86. The summed E-state index contributed by atoms with van der Waals surface area (Å²) in [5.41, 5.74) is 5.42. The quantitative estimate of drug-likeness (QED) is 0.0646. The number of carbonyl (C=O) groups excluding carboxylic acids is 1. The molecular weight excluding hydrogens is 472 g/mol. The Kier molecular flexibility index (Phi) is 27.8. The smallest absolute Gasteiger partial charge is 0.308 e. The van der Waals surface area contributed by atoms with E-state index in [1.54, 1.807) is 6.92 Å². The van der Waals surface area contributed by atoms with Crippen LogP contribution in [-0.4, -0.2) is 22.9 Å². The molecule has 0 aromatic heterocycles. The van der Waals surface area contributed by atoms with E-state index in [0.29, 0.717) is 6.42 Å². The van der Waals surface area contributed by atoms with Gasteiger partial charge in [-0.1, -0.05) is 143 Å². The molecular formula is C30H65ClN2O3. The second kappa shape index (κ2) is 24.9. The highest BCUT2D eigenvalue weighted by Crippen LogP contribution is 2.36. The molecule has 0 aliphatic heterocycles. The largest absolute Gasteiger partial charge is 0.433 e. The van der Waals surface area contributed by atoms with Crippen LogP contribution in [0.4, 0.5) is 0 Å². The lowest BCUT2D eigenvalue weighted by molar-refractivity contribution is -0.249. The summed E-state index contributed by atoms with van der Waals surface area (Å²) in [4.78, 5) is 12.2. The monoisotopic (exact) mass is 536 g/mol. The molecule has 0 heterocycles. The SMILES string of the molecule is CCCCCCCCCCCCCCCCCCCCCC(=O)OC(C)(O)C(C)(C)C(N)CC.Cl.N. The lowest BCUT2D eigenvalue weighted by Crippen LogP contribution is -2.55. The topological polar surface area (TPSA) is 108 Å². The predicted molar refractivity (Wildman–Crippen MR) is 159 cm³/mol. The highest BCUT2D eigenvalue weighted by molar-refractivity contribution is 5.85.